The Morgan fingerprint density at radius 2 is 2.11 bits per heavy atom. The lowest BCUT2D eigenvalue weighted by Gasteiger charge is -2.18. The van der Waals surface area contributed by atoms with Crippen molar-refractivity contribution in [2.24, 2.45) is 5.92 Å². The van der Waals surface area contributed by atoms with Crippen LogP contribution in [0.2, 0.25) is 0 Å². The number of benzene rings is 1. The van der Waals surface area contributed by atoms with E-state index in [-0.39, 0.29) is 6.42 Å². The lowest BCUT2D eigenvalue weighted by Crippen LogP contribution is -2.18. The first-order chi connectivity index (χ1) is 9.06. The molecule has 1 aromatic rings. The molecule has 0 aliphatic carbocycles. The Morgan fingerprint density at radius 3 is 2.68 bits per heavy atom. The summed E-state index contributed by atoms with van der Waals surface area (Å²) in [5, 5.41) is 9.13. The van der Waals surface area contributed by atoms with Crippen LogP contribution in [0.25, 0.3) is 0 Å². The Labute approximate surface area is 109 Å². The summed E-state index contributed by atoms with van der Waals surface area (Å²) in [7, 11) is 2.98. The summed E-state index contributed by atoms with van der Waals surface area (Å²) in [5.41, 5.74) is 0.529. The van der Waals surface area contributed by atoms with Gasteiger partial charge in [-0.1, -0.05) is 0 Å². The number of aliphatic carboxylic acids is 1. The Kier molecular flexibility index (Phi) is 3.59. The normalized spacial score (nSPS) is 21.9. The van der Waals surface area contributed by atoms with Gasteiger partial charge in [-0.2, -0.15) is 0 Å². The van der Waals surface area contributed by atoms with Gasteiger partial charge in [0.1, 0.15) is 23.5 Å². The first kappa shape index (κ1) is 13.2. The number of carbonyl (C=O) groups excluding carboxylic acids is 1. The molecule has 6 nitrogen and oxygen atoms in total. The Morgan fingerprint density at radius 1 is 1.37 bits per heavy atom. The van der Waals surface area contributed by atoms with Crippen molar-refractivity contribution in [3.63, 3.8) is 0 Å². The van der Waals surface area contributed by atoms with Crippen LogP contribution in [-0.2, 0) is 14.3 Å². The minimum absolute atomic E-state index is 0.130. The fraction of sp³-hybridized carbons (Fsp3) is 0.385. The number of methoxy groups -OCH3 is 2. The van der Waals surface area contributed by atoms with E-state index in [1.54, 1.807) is 18.2 Å². The maximum atomic E-state index is 11.3. The van der Waals surface area contributed by atoms with E-state index in [0.29, 0.717) is 17.1 Å². The number of hydrogen-bond acceptors (Lipinski definition) is 5. The van der Waals surface area contributed by atoms with Gasteiger partial charge in [-0.25, -0.2) is 0 Å². The molecule has 0 saturated carbocycles. The molecule has 6 heteroatoms. The van der Waals surface area contributed by atoms with E-state index >= 15 is 0 Å². The number of esters is 1. The van der Waals surface area contributed by atoms with Crippen molar-refractivity contribution in [1.82, 2.24) is 0 Å². The minimum atomic E-state index is -1.06. The van der Waals surface area contributed by atoms with Crippen LogP contribution >= 0.6 is 0 Å². The molecule has 1 fully saturated rings. The molecule has 0 amide bonds. The SMILES string of the molecule is COc1ccc([C@H]2OC(=O)C[C@@H]2C(=O)O)c(OC)c1. The smallest absolute Gasteiger partial charge is 0.311 e. The van der Waals surface area contributed by atoms with Gasteiger partial charge in [0.15, 0.2) is 0 Å². The molecule has 1 aromatic carbocycles. The van der Waals surface area contributed by atoms with Gasteiger partial charge in [-0.15, -0.1) is 0 Å². The predicted octanol–water partition coefficient (Wildman–Crippen LogP) is 1.39. The molecule has 0 unspecified atom stereocenters. The van der Waals surface area contributed by atoms with Gasteiger partial charge in [0, 0.05) is 11.6 Å². The molecule has 1 saturated heterocycles. The Bertz CT molecular complexity index is 510. The number of rotatable bonds is 4. The highest BCUT2D eigenvalue weighted by molar-refractivity contribution is 5.83. The molecule has 2 atom stereocenters. The third kappa shape index (κ3) is 2.47. The molecule has 1 N–H and O–H groups in total. The van der Waals surface area contributed by atoms with Gasteiger partial charge in [-0.05, 0) is 12.1 Å². The average molecular weight is 266 g/mol. The highest BCUT2D eigenvalue weighted by Crippen LogP contribution is 2.40. The van der Waals surface area contributed by atoms with Gasteiger partial charge in [0.05, 0.1) is 20.6 Å². The van der Waals surface area contributed by atoms with Gasteiger partial charge >= 0.3 is 11.9 Å². The van der Waals surface area contributed by atoms with Gasteiger partial charge < -0.3 is 19.3 Å². The number of hydrogen-bond donors (Lipinski definition) is 1. The monoisotopic (exact) mass is 266 g/mol. The van der Waals surface area contributed by atoms with Crippen LogP contribution in [0.1, 0.15) is 18.1 Å². The van der Waals surface area contributed by atoms with Crippen LogP contribution in [0.15, 0.2) is 18.2 Å². The number of carbonyl (C=O) groups is 2. The fourth-order valence-corrected chi connectivity index (χ4v) is 2.11. The van der Waals surface area contributed by atoms with Gasteiger partial charge in [-0.3, -0.25) is 9.59 Å². The van der Waals surface area contributed by atoms with E-state index in [2.05, 4.69) is 0 Å². The highest BCUT2D eigenvalue weighted by atomic mass is 16.6. The molecule has 1 heterocycles. The first-order valence-electron chi connectivity index (χ1n) is 5.71. The second-order valence-corrected chi connectivity index (χ2v) is 4.17. The number of carboxylic acids is 1. The third-order valence-electron chi connectivity index (χ3n) is 3.07. The molecule has 1 aliphatic heterocycles. The number of cyclic esters (lactones) is 1. The Balaban J connectivity index is 2.40. The number of carboxylic acid groups (broad SMARTS) is 1. The van der Waals surface area contributed by atoms with Crippen LogP contribution in [0.4, 0.5) is 0 Å². The third-order valence-corrected chi connectivity index (χ3v) is 3.07. The summed E-state index contributed by atoms with van der Waals surface area (Å²) < 4.78 is 15.4. The highest BCUT2D eigenvalue weighted by Gasteiger charge is 2.42. The van der Waals surface area contributed by atoms with Crippen molar-refractivity contribution in [2.45, 2.75) is 12.5 Å². The molecule has 102 valence electrons. The van der Waals surface area contributed by atoms with E-state index < -0.39 is 24.0 Å². The van der Waals surface area contributed by atoms with Crippen molar-refractivity contribution in [2.75, 3.05) is 14.2 Å². The minimum Gasteiger partial charge on any atom is -0.497 e. The van der Waals surface area contributed by atoms with Crippen LogP contribution in [0.3, 0.4) is 0 Å². The topological polar surface area (TPSA) is 82.1 Å². The van der Waals surface area contributed by atoms with Gasteiger partial charge in [0.25, 0.3) is 0 Å². The van der Waals surface area contributed by atoms with Crippen LogP contribution in [0, 0.1) is 5.92 Å². The van der Waals surface area contributed by atoms with E-state index in [0.717, 1.165) is 0 Å². The lowest BCUT2D eigenvalue weighted by molar-refractivity contribution is -0.144. The average Bonchev–Trinajstić information content (AvgIpc) is 2.80. The number of ether oxygens (including phenoxy) is 3. The van der Waals surface area contributed by atoms with E-state index in [1.807, 2.05) is 0 Å². The van der Waals surface area contributed by atoms with Crippen molar-refractivity contribution < 1.29 is 28.9 Å². The van der Waals surface area contributed by atoms with E-state index in [9.17, 15) is 9.59 Å². The maximum Gasteiger partial charge on any atom is 0.311 e. The molecule has 0 radical (unpaired) electrons. The lowest BCUT2D eigenvalue weighted by atomic mass is 9.94. The zero-order chi connectivity index (χ0) is 14.0. The quantitative estimate of drug-likeness (QED) is 0.829. The summed E-state index contributed by atoms with van der Waals surface area (Å²) in [5.74, 6) is -1.46. The standard InChI is InChI=1S/C13H14O6/c1-17-7-3-4-8(10(5-7)18-2)12-9(13(15)16)6-11(14)19-12/h3-5,9,12H,6H2,1-2H3,(H,15,16)/t9-,12+/m0/s1. The van der Waals surface area contributed by atoms with Gasteiger partial charge in [0.2, 0.25) is 0 Å². The molecule has 0 aromatic heterocycles. The van der Waals surface area contributed by atoms with Crippen molar-refractivity contribution >= 4 is 11.9 Å². The summed E-state index contributed by atoms with van der Waals surface area (Å²) in [6.07, 6.45) is -0.958. The summed E-state index contributed by atoms with van der Waals surface area (Å²) in [4.78, 5) is 22.5. The van der Waals surface area contributed by atoms with Crippen molar-refractivity contribution in [3.8, 4) is 11.5 Å². The Hall–Kier alpha value is -2.24. The van der Waals surface area contributed by atoms with Crippen LogP contribution in [0.5, 0.6) is 11.5 Å². The molecule has 0 spiro atoms. The predicted molar refractivity (Wildman–Crippen MR) is 64.1 cm³/mol. The maximum absolute atomic E-state index is 11.3. The summed E-state index contributed by atoms with van der Waals surface area (Å²) in [6.45, 7) is 0. The zero-order valence-corrected chi connectivity index (χ0v) is 10.6. The molecule has 2 rings (SSSR count). The van der Waals surface area contributed by atoms with Crippen LogP contribution in [-0.4, -0.2) is 31.3 Å². The zero-order valence-electron chi connectivity index (χ0n) is 10.6. The second kappa shape index (κ2) is 5.17. The molecular formula is C13H14O6. The second-order valence-electron chi connectivity index (χ2n) is 4.17. The molecule has 1 aliphatic rings. The van der Waals surface area contributed by atoms with Crippen LogP contribution < -0.4 is 9.47 Å². The summed E-state index contributed by atoms with van der Waals surface area (Å²) >= 11 is 0. The van der Waals surface area contributed by atoms with Crippen molar-refractivity contribution in [3.05, 3.63) is 23.8 Å². The van der Waals surface area contributed by atoms with E-state index in [1.165, 1.54) is 14.2 Å². The summed E-state index contributed by atoms with van der Waals surface area (Å²) in [6, 6.07) is 4.94. The van der Waals surface area contributed by atoms with Crippen molar-refractivity contribution in [1.29, 1.82) is 0 Å². The first-order valence-corrected chi connectivity index (χ1v) is 5.71. The molecule has 19 heavy (non-hydrogen) atoms. The molecular weight excluding hydrogens is 252 g/mol. The van der Waals surface area contributed by atoms with E-state index in [4.69, 9.17) is 19.3 Å². The largest absolute Gasteiger partial charge is 0.497 e. The molecule has 0 bridgehead atoms. The fourth-order valence-electron chi connectivity index (χ4n) is 2.11.